The van der Waals surface area contributed by atoms with E-state index < -0.39 is 0 Å². The quantitative estimate of drug-likeness (QED) is 0.274. The van der Waals surface area contributed by atoms with Crippen molar-refractivity contribution >= 4 is 118 Å². The molecule has 3 fully saturated rings. The Balaban J connectivity index is 1.36. The Morgan fingerprint density at radius 1 is 0.850 bits per heavy atom. The first-order chi connectivity index (χ1) is 9.69. The molecule has 6 atom stereocenters. The molecule has 0 radical (unpaired) electrons. The van der Waals surface area contributed by atoms with Gasteiger partial charge in [0.05, 0.1) is 0 Å². The Kier molecular flexibility index (Phi) is 9.17. The summed E-state index contributed by atoms with van der Waals surface area (Å²) < 4.78 is 4.47. The van der Waals surface area contributed by atoms with Crippen LogP contribution in [0.3, 0.4) is 0 Å². The van der Waals surface area contributed by atoms with Gasteiger partial charge in [-0.3, -0.25) is 0 Å². The summed E-state index contributed by atoms with van der Waals surface area (Å²) in [4.78, 5) is 2.00. The van der Waals surface area contributed by atoms with Crippen molar-refractivity contribution in [3.8, 4) is 0 Å². The molecule has 3 aliphatic rings. The zero-order valence-electron chi connectivity index (χ0n) is 11.3. The summed E-state index contributed by atoms with van der Waals surface area (Å²) in [6, 6.07) is 0. The molecule has 3 rings (SSSR count). The van der Waals surface area contributed by atoms with Gasteiger partial charge in [0, 0.05) is 0 Å². The Morgan fingerprint density at radius 2 is 1.30 bits per heavy atom. The molecule has 0 amide bonds. The second kappa shape index (κ2) is 9.71. The molecule has 3 aliphatic heterocycles. The summed E-state index contributed by atoms with van der Waals surface area (Å²) in [5, 5.41) is 2.12. The van der Waals surface area contributed by atoms with Gasteiger partial charge in [0.25, 0.3) is 0 Å². The minimum atomic E-state index is 0.392. The van der Waals surface area contributed by atoms with E-state index >= 15 is 0 Å². The van der Waals surface area contributed by atoms with E-state index in [-0.39, 0.29) is 0 Å². The van der Waals surface area contributed by atoms with Crippen LogP contribution in [-0.2, 0) is 0 Å². The van der Waals surface area contributed by atoms with Crippen molar-refractivity contribution in [2.24, 2.45) is 0 Å². The number of hydrogen-bond acceptors (Lipinski definition) is 2. The van der Waals surface area contributed by atoms with E-state index in [1.807, 2.05) is 0 Å². The van der Waals surface area contributed by atoms with E-state index in [2.05, 4.69) is 55.5 Å². The molecule has 0 spiro atoms. The molecule has 3 saturated heterocycles. The van der Waals surface area contributed by atoms with Gasteiger partial charge in [-0.15, -0.1) is 0 Å². The van der Waals surface area contributed by atoms with Gasteiger partial charge in [0.15, 0.2) is 0 Å². The molecule has 6 unspecified atom stereocenters. The van der Waals surface area contributed by atoms with Crippen LogP contribution < -0.4 is 0 Å². The summed E-state index contributed by atoms with van der Waals surface area (Å²) in [7, 11) is 0. The fourth-order valence-electron chi connectivity index (χ4n) is 2.34. The van der Waals surface area contributed by atoms with Crippen LogP contribution in [-0.4, -0.2) is 117 Å². The number of thioether (sulfide) groups is 2. The standard InChI is InChI=1S/C13H22S2Se2Te3/c16-10(1-8-5-14-8)3-12-18-7-19-13(20-12)4-11(17)2-9-6-15-9/h8-13,16-17H,1-7H2. The maximum absolute atomic E-state index is 3.04. The van der Waals surface area contributed by atoms with Crippen LogP contribution in [0.25, 0.3) is 0 Å². The molecule has 116 valence electrons. The molecule has 0 saturated carbocycles. The second-order valence-corrected chi connectivity index (χ2v) is 31.5. The van der Waals surface area contributed by atoms with Crippen molar-refractivity contribution in [2.75, 3.05) is 11.5 Å². The predicted octanol–water partition coefficient (Wildman–Crippen LogP) is 2.15. The van der Waals surface area contributed by atoms with Gasteiger partial charge < -0.3 is 0 Å². The van der Waals surface area contributed by atoms with E-state index in [0.717, 1.165) is 20.1 Å². The Labute approximate surface area is 179 Å². The van der Waals surface area contributed by atoms with E-state index in [4.69, 9.17) is 0 Å². The summed E-state index contributed by atoms with van der Waals surface area (Å²) in [6.07, 6.45) is 6.31. The molecular weight excluding hydrogens is 761 g/mol. The van der Waals surface area contributed by atoms with Crippen LogP contribution in [0.2, 0.25) is 16.2 Å². The van der Waals surface area contributed by atoms with Gasteiger partial charge in [-0.25, -0.2) is 0 Å². The first-order valence-electron chi connectivity index (χ1n) is 7.17. The van der Waals surface area contributed by atoms with Gasteiger partial charge in [0.1, 0.15) is 0 Å². The normalized spacial score (nSPS) is 39.3. The minimum absolute atomic E-state index is 0.392. The van der Waals surface area contributed by atoms with Crippen LogP contribution in [0.4, 0.5) is 0 Å². The van der Waals surface area contributed by atoms with Gasteiger partial charge in [-0.05, 0) is 0 Å². The number of rotatable bonds is 8. The van der Waals surface area contributed by atoms with Crippen LogP contribution in [0, 0.1) is 0 Å². The molecule has 0 bridgehead atoms. The van der Waals surface area contributed by atoms with Crippen LogP contribution in [0.5, 0.6) is 0 Å². The topological polar surface area (TPSA) is 0 Å². The molecule has 0 aromatic heterocycles. The van der Waals surface area contributed by atoms with Gasteiger partial charge >= 0.3 is 182 Å². The third-order valence-electron chi connectivity index (χ3n) is 3.62. The average Bonchev–Trinajstić information content (AvgIpc) is 3.26. The summed E-state index contributed by atoms with van der Waals surface area (Å²) in [5.74, 6) is 2.94. The average molecular weight is 783 g/mol. The molecule has 0 nitrogen and oxygen atoms in total. The van der Waals surface area contributed by atoms with Crippen LogP contribution >= 0.6 is 23.5 Å². The molecule has 20 heavy (non-hydrogen) atoms. The van der Waals surface area contributed by atoms with Crippen LogP contribution in [0.15, 0.2) is 0 Å². The van der Waals surface area contributed by atoms with Gasteiger partial charge in [-0.1, -0.05) is 0 Å². The SMILES string of the molecule is [SeH]C(CC1CS1)CC1[Te]C[Te]C(CC([SeH])CC2CS2)[Te]1. The Morgan fingerprint density at radius 3 is 1.70 bits per heavy atom. The van der Waals surface area contributed by atoms with Crippen molar-refractivity contribution in [3.05, 3.63) is 0 Å². The molecule has 0 aliphatic carbocycles. The first kappa shape index (κ1) is 18.9. The van der Waals surface area contributed by atoms with E-state index in [1.54, 1.807) is 15.4 Å². The van der Waals surface area contributed by atoms with Gasteiger partial charge in [-0.2, -0.15) is 0 Å². The number of hydrogen-bond donors (Lipinski definition) is 0. The van der Waals surface area contributed by atoms with Gasteiger partial charge in [0.2, 0.25) is 0 Å². The molecule has 3 heterocycles. The van der Waals surface area contributed by atoms with E-state index in [0.29, 0.717) is 62.8 Å². The van der Waals surface area contributed by atoms with Crippen molar-refractivity contribution in [2.45, 2.75) is 52.4 Å². The van der Waals surface area contributed by atoms with Crippen LogP contribution in [0.1, 0.15) is 25.7 Å². The van der Waals surface area contributed by atoms with Crippen molar-refractivity contribution in [3.63, 3.8) is 0 Å². The third-order valence-corrected chi connectivity index (χ3v) is 28.9. The third kappa shape index (κ3) is 7.55. The fourth-order valence-corrected chi connectivity index (χ4v) is 50.9. The van der Waals surface area contributed by atoms with E-state index in [9.17, 15) is 0 Å². The van der Waals surface area contributed by atoms with Crippen molar-refractivity contribution < 1.29 is 0 Å². The Bertz CT molecular complexity index is 288. The second-order valence-electron chi connectivity index (χ2n) is 5.61. The summed E-state index contributed by atoms with van der Waals surface area (Å²) in [6.45, 7) is 0. The van der Waals surface area contributed by atoms with E-state index in [1.165, 1.54) is 28.4 Å². The van der Waals surface area contributed by atoms with Crippen molar-refractivity contribution in [1.29, 1.82) is 0 Å². The molecule has 0 aromatic carbocycles. The summed E-state index contributed by atoms with van der Waals surface area (Å²) in [5.41, 5.74) is 0. The molecule has 7 heteroatoms. The predicted molar refractivity (Wildman–Crippen MR) is 102 cm³/mol. The first-order valence-corrected chi connectivity index (χ1v) is 20.1. The molecule has 0 N–H and O–H groups in total. The molecule has 0 aromatic rings. The summed E-state index contributed by atoms with van der Waals surface area (Å²) >= 11 is 11.8. The monoisotopic (exact) mass is 792 g/mol. The maximum atomic E-state index is 3.04. The van der Waals surface area contributed by atoms with Crippen molar-refractivity contribution in [1.82, 2.24) is 0 Å². The fraction of sp³-hybridized carbons (Fsp3) is 1.00. The zero-order chi connectivity index (χ0) is 13.9. The molecular formula is C13H22S2Se2Te3. The zero-order valence-corrected chi connectivity index (χ0v) is 23.7. The Hall–Kier alpha value is 4.11.